The number of carbonyl (C=O) groups is 2. The third-order valence-electron chi connectivity index (χ3n) is 2.83. The number of aromatic nitrogens is 1. The van der Waals surface area contributed by atoms with Gasteiger partial charge in [-0.15, -0.1) is 0 Å². The molecule has 0 saturated carbocycles. The summed E-state index contributed by atoms with van der Waals surface area (Å²) in [6, 6.07) is 2.87. The normalized spacial score (nSPS) is 11.9. The molecule has 1 N–H and O–H groups in total. The van der Waals surface area contributed by atoms with Gasteiger partial charge in [0, 0.05) is 26.0 Å². The van der Waals surface area contributed by atoms with Crippen molar-refractivity contribution in [3.8, 4) is 0 Å². The lowest BCUT2D eigenvalue weighted by atomic mass is 10.0. The van der Waals surface area contributed by atoms with Gasteiger partial charge in [0.25, 0.3) is 5.91 Å². The highest BCUT2D eigenvalue weighted by Crippen LogP contribution is 2.15. The minimum atomic E-state index is -0.468. The van der Waals surface area contributed by atoms with E-state index in [9.17, 15) is 9.59 Å². The first-order valence-corrected chi connectivity index (χ1v) is 6.39. The second-order valence-corrected chi connectivity index (χ2v) is 5.02. The van der Waals surface area contributed by atoms with Gasteiger partial charge in [-0.25, -0.2) is 4.79 Å². The van der Waals surface area contributed by atoms with Crippen molar-refractivity contribution in [1.29, 1.82) is 0 Å². The molecule has 0 radical (unpaired) electrons. The van der Waals surface area contributed by atoms with E-state index in [0.29, 0.717) is 11.4 Å². The van der Waals surface area contributed by atoms with Crippen molar-refractivity contribution < 1.29 is 14.3 Å². The molecule has 1 atom stereocenters. The second-order valence-electron chi connectivity index (χ2n) is 5.02. The summed E-state index contributed by atoms with van der Waals surface area (Å²) in [5, 5.41) is 3.08. The maximum Gasteiger partial charge on any atom is 0.328 e. The molecule has 0 bridgehead atoms. The number of anilines is 1. The quantitative estimate of drug-likeness (QED) is 0.825. The van der Waals surface area contributed by atoms with Crippen LogP contribution in [0.25, 0.3) is 0 Å². The molecule has 0 aliphatic rings. The van der Waals surface area contributed by atoms with E-state index in [1.807, 2.05) is 13.8 Å². The maximum absolute atomic E-state index is 11.9. The fraction of sp³-hybridized carbons (Fsp3) is 0.500. The Hall–Kier alpha value is -2.11. The van der Waals surface area contributed by atoms with Crippen LogP contribution in [0.15, 0.2) is 18.3 Å². The van der Waals surface area contributed by atoms with Crippen molar-refractivity contribution in [2.24, 2.45) is 5.92 Å². The van der Waals surface area contributed by atoms with Gasteiger partial charge >= 0.3 is 5.97 Å². The fourth-order valence-corrected chi connectivity index (χ4v) is 1.67. The van der Waals surface area contributed by atoms with E-state index in [1.165, 1.54) is 18.2 Å². The average molecular weight is 279 g/mol. The minimum Gasteiger partial charge on any atom is -0.467 e. The Morgan fingerprint density at radius 3 is 2.50 bits per heavy atom. The van der Waals surface area contributed by atoms with Gasteiger partial charge < -0.3 is 15.0 Å². The zero-order valence-electron chi connectivity index (χ0n) is 12.5. The lowest BCUT2D eigenvalue weighted by molar-refractivity contribution is -0.142. The fourth-order valence-electron chi connectivity index (χ4n) is 1.67. The molecule has 0 aromatic carbocycles. The predicted molar refractivity (Wildman–Crippen MR) is 76.5 cm³/mol. The summed E-state index contributed by atoms with van der Waals surface area (Å²) < 4.78 is 4.77. The zero-order valence-corrected chi connectivity index (χ0v) is 12.5. The van der Waals surface area contributed by atoms with Crippen LogP contribution < -0.4 is 5.32 Å². The monoisotopic (exact) mass is 279 g/mol. The van der Waals surface area contributed by atoms with Gasteiger partial charge in [0.15, 0.2) is 0 Å². The van der Waals surface area contributed by atoms with Crippen LogP contribution >= 0.6 is 0 Å². The highest BCUT2D eigenvalue weighted by atomic mass is 16.5. The van der Waals surface area contributed by atoms with Crippen molar-refractivity contribution in [3.63, 3.8) is 0 Å². The van der Waals surface area contributed by atoms with Crippen molar-refractivity contribution in [1.82, 2.24) is 9.88 Å². The highest BCUT2D eigenvalue weighted by Gasteiger charge is 2.23. The number of pyridine rings is 1. The first-order chi connectivity index (χ1) is 9.36. The van der Waals surface area contributed by atoms with Crippen molar-refractivity contribution in [3.05, 3.63) is 24.0 Å². The van der Waals surface area contributed by atoms with Crippen LogP contribution in [0.5, 0.6) is 0 Å². The summed E-state index contributed by atoms with van der Waals surface area (Å²) in [5.74, 6) is -0.464. The van der Waals surface area contributed by atoms with Crippen molar-refractivity contribution in [2.45, 2.75) is 19.9 Å². The number of hydrogen-bond donors (Lipinski definition) is 1. The Bertz CT molecular complexity index is 486. The number of carbonyl (C=O) groups excluding carboxylic acids is 2. The molecule has 6 nitrogen and oxygen atoms in total. The van der Waals surface area contributed by atoms with Gasteiger partial charge in [-0.2, -0.15) is 0 Å². The van der Waals surface area contributed by atoms with Crippen LogP contribution in [0.3, 0.4) is 0 Å². The molecular formula is C14H21N3O3. The summed E-state index contributed by atoms with van der Waals surface area (Å²) in [4.78, 5) is 29.0. The van der Waals surface area contributed by atoms with Crippen molar-refractivity contribution >= 4 is 17.6 Å². The van der Waals surface area contributed by atoms with Crippen LogP contribution in [0, 0.1) is 5.92 Å². The zero-order chi connectivity index (χ0) is 15.3. The number of nitrogens with zero attached hydrogens (tertiary/aromatic N) is 2. The minimum absolute atomic E-state index is 0.0589. The first-order valence-electron chi connectivity index (χ1n) is 6.39. The molecule has 0 fully saturated rings. The van der Waals surface area contributed by atoms with Gasteiger partial charge in [-0.1, -0.05) is 13.8 Å². The molecule has 110 valence electrons. The summed E-state index contributed by atoms with van der Waals surface area (Å²) in [6.07, 6.45) is 1.54. The van der Waals surface area contributed by atoms with E-state index in [1.54, 1.807) is 26.2 Å². The smallest absolute Gasteiger partial charge is 0.328 e. The molecular weight excluding hydrogens is 258 g/mol. The lowest BCUT2D eigenvalue weighted by Crippen LogP contribution is -2.35. The SMILES string of the molecule is COC(=O)C(Nc1ccnc(C(=O)N(C)C)c1)C(C)C. The van der Waals surface area contributed by atoms with E-state index >= 15 is 0 Å². The number of methoxy groups -OCH3 is 1. The predicted octanol–water partition coefficient (Wildman–Crippen LogP) is 1.39. The molecule has 1 aromatic rings. The third kappa shape index (κ3) is 3.94. The molecule has 0 aliphatic carbocycles. The Kier molecular flexibility index (Phi) is 5.49. The van der Waals surface area contributed by atoms with Crippen LogP contribution in [0.4, 0.5) is 5.69 Å². The summed E-state index contributed by atoms with van der Waals surface area (Å²) >= 11 is 0. The van der Waals surface area contributed by atoms with Crippen LogP contribution in [-0.2, 0) is 9.53 Å². The maximum atomic E-state index is 11.9. The van der Waals surface area contributed by atoms with Gasteiger partial charge in [-0.05, 0) is 18.1 Å². The van der Waals surface area contributed by atoms with E-state index in [2.05, 4.69) is 10.3 Å². The molecule has 6 heteroatoms. The molecule has 1 heterocycles. The lowest BCUT2D eigenvalue weighted by Gasteiger charge is -2.21. The largest absolute Gasteiger partial charge is 0.467 e. The Balaban J connectivity index is 2.94. The topological polar surface area (TPSA) is 71.5 Å². The van der Waals surface area contributed by atoms with Crippen LogP contribution in [0.1, 0.15) is 24.3 Å². The number of amides is 1. The Morgan fingerprint density at radius 2 is 2.00 bits per heavy atom. The van der Waals surface area contributed by atoms with Gasteiger partial charge in [0.1, 0.15) is 11.7 Å². The number of esters is 1. The summed E-state index contributed by atoms with van der Waals surface area (Å²) in [6.45, 7) is 3.84. The molecule has 1 aromatic heterocycles. The number of rotatable bonds is 5. The van der Waals surface area contributed by atoms with Gasteiger partial charge in [-0.3, -0.25) is 9.78 Å². The molecule has 1 amide bonds. The average Bonchev–Trinajstić information content (AvgIpc) is 2.43. The third-order valence-corrected chi connectivity index (χ3v) is 2.83. The van der Waals surface area contributed by atoms with Crippen molar-refractivity contribution in [2.75, 3.05) is 26.5 Å². The number of hydrogen-bond acceptors (Lipinski definition) is 5. The van der Waals surface area contributed by atoms with Gasteiger partial charge in [0.2, 0.25) is 0 Å². The van der Waals surface area contributed by atoms with E-state index in [-0.39, 0.29) is 17.8 Å². The Morgan fingerprint density at radius 1 is 1.35 bits per heavy atom. The van der Waals surface area contributed by atoms with Gasteiger partial charge in [0.05, 0.1) is 7.11 Å². The highest BCUT2D eigenvalue weighted by molar-refractivity contribution is 5.93. The first kappa shape index (κ1) is 15.9. The summed E-state index contributed by atoms with van der Waals surface area (Å²) in [7, 11) is 4.68. The molecule has 1 rings (SSSR count). The Labute approximate surface area is 119 Å². The van der Waals surface area contributed by atoms with Crippen LogP contribution in [0.2, 0.25) is 0 Å². The molecule has 0 aliphatic heterocycles. The number of nitrogens with one attached hydrogen (secondary N) is 1. The van der Waals surface area contributed by atoms with Crippen LogP contribution in [-0.4, -0.2) is 49.0 Å². The molecule has 0 spiro atoms. The molecule has 1 unspecified atom stereocenters. The molecule has 20 heavy (non-hydrogen) atoms. The van der Waals surface area contributed by atoms with E-state index < -0.39 is 6.04 Å². The van der Waals surface area contributed by atoms with E-state index in [0.717, 1.165) is 0 Å². The van der Waals surface area contributed by atoms with E-state index in [4.69, 9.17) is 4.74 Å². The standard InChI is InChI=1S/C14H21N3O3/c1-9(2)12(14(19)20-5)16-10-6-7-15-11(8-10)13(18)17(3)4/h6-9,12H,1-5H3,(H,15,16). The molecule has 0 saturated heterocycles. The second kappa shape index (κ2) is 6.88. The number of ether oxygens (including phenoxy) is 1. The summed E-state index contributed by atoms with van der Waals surface area (Å²) in [5.41, 5.74) is 0.988.